The molecule has 0 spiro atoms. The van der Waals surface area contributed by atoms with E-state index in [9.17, 15) is 4.79 Å². The zero-order valence-corrected chi connectivity index (χ0v) is 8.98. The van der Waals surface area contributed by atoms with Gasteiger partial charge in [-0.3, -0.25) is 4.79 Å². The summed E-state index contributed by atoms with van der Waals surface area (Å²) in [7, 11) is 1.40. The number of carbonyl (C=O) groups is 1. The summed E-state index contributed by atoms with van der Waals surface area (Å²) in [6.45, 7) is 0.504. The van der Waals surface area contributed by atoms with E-state index in [4.69, 9.17) is 5.73 Å². The summed E-state index contributed by atoms with van der Waals surface area (Å²) in [5.74, 6) is -0.0266. The lowest BCUT2D eigenvalue weighted by Crippen LogP contribution is -2.21. The molecule has 0 radical (unpaired) electrons. The van der Waals surface area contributed by atoms with Crippen LogP contribution in [-0.4, -0.2) is 19.6 Å². The van der Waals surface area contributed by atoms with E-state index in [1.54, 1.807) is 0 Å². The van der Waals surface area contributed by atoms with Gasteiger partial charge in [0.05, 0.1) is 7.11 Å². The first kappa shape index (κ1) is 11.7. The molecule has 0 aliphatic heterocycles. The van der Waals surface area contributed by atoms with Crippen LogP contribution in [0.3, 0.4) is 0 Å². The van der Waals surface area contributed by atoms with Gasteiger partial charge in [0.1, 0.15) is 0 Å². The van der Waals surface area contributed by atoms with Gasteiger partial charge in [0.15, 0.2) is 0 Å². The highest BCUT2D eigenvalue weighted by Gasteiger charge is 2.12. The Morgan fingerprint density at radius 2 is 2.07 bits per heavy atom. The van der Waals surface area contributed by atoms with Gasteiger partial charge >= 0.3 is 5.97 Å². The van der Waals surface area contributed by atoms with Crippen LogP contribution in [0.25, 0.3) is 0 Å². The number of methoxy groups -OCH3 is 1. The maximum absolute atomic E-state index is 11.1. The Labute approximate surface area is 90.2 Å². The van der Waals surface area contributed by atoms with Gasteiger partial charge in [0.2, 0.25) is 0 Å². The van der Waals surface area contributed by atoms with Crippen molar-refractivity contribution in [2.45, 2.75) is 12.8 Å². The number of rotatable bonds is 5. The summed E-state index contributed by atoms with van der Waals surface area (Å²) >= 11 is 0. The molecule has 15 heavy (non-hydrogen) atoms. The van der Waals surface area contributed by atoms with Crippen molar-refractivity contribution in [1.82, 2.24) is 0 Å². The predicted octanol–water partition coefficient (Wildman–Crippen LogP) is 1.37. The lowest BCUT2D eigenvalue weighted by Gasteiger charge is -2.12. The summed E-state index contributed by atoms with van der Waals surface area (Å²) in [4.78, 5) is 11.1. The van der Waals surface area contributed by atoms with E-state index in [1.807, 2.05) is 30.3 Å². The van der Waals surface area contributed by atoms with Crippen molar-refractivity contribution < 1.29 is 9.53 Å². The quantitative estimate of drug-likeness (QED) is 0.742. The molecule has 3 heteroatoms. The molecular formula is C12H17NO2. The summed E-state index contributed by atoms with van der Waals surface area (Å²) < 4.78 is 4.63. The van der Waals surface area contributed by atoms with Crippen LogP contribution < -0.4 is 5.73 Å². The van der Waals surface area contributed by atoms with Crippen LogP contribution in [0, 0.1) is 5.92 Å². The summed E-state index contributed by atoms with van der Waals surface area (Å²) in [6.07, 6.45) is 1.22. The number of hydrogen-bond acceptors (Lipinski definition) is 3. The fraction of sp³-hybridized carbons (Fsp3) is 0.417. The minimum atomic E-state index is -0.193. The molecule has 82 valence electrons. The van der Waals surface area contributed by atoms with E-state index < -0.39 is 0 Å². The second kappa shape index (κ2) is 6.19. The largest absolute Gasteiger partial charge is 0.469 e. The third-order valence-corrected chi connectivity index (χ3v) is 2.38. The second-order valence-electron chi connectivity index (χ2n) is 3.57. The van der Waals surface area contributed by atoms with Crippen molar-refractivity contribution in [3.05, 3.63) is 35.9 Å². The van der Waals surface area contributed by atoms with E-state index in [0.29, 0.717) is 13.0 Å². The first-order valence-electron chi connectivity index (χ1n) is 5.07. The fourth-order valence-electron chi connectivity index (χ4n) is 1.51. The fourth-order valence-corrected chi connectivity index (χ4v) is 1.51. The number of hydrogen-bond donors (Lipinski definition) is 1. The molecule has 0 fully saturated rings. The number of benzene rings is 1. The van der Waals surface area contributed by atoms with E-state index in [0.717, 1.165) is 6.42 Å². The smallest absolute Gasteiger partial charge is 0.305 e. The van der Waals surface area contributed by atoms with Crippen molar-refractivity contribution in [1.29, 1.82) is 0 Å². The number of nitrogens with two attached hydrogens (primary N) is 1. The van der Waals surface area contributed by atoms with Crippen LogP contribution in [0.2, 0.25) is 0 Å². The van der Waals surface area contributed by atoms with Gasteiger partial charge in [-0.05, 0) is 24.4 Å². The molecule has 0 saturated carbocycles. The van der Waals surface area contributed by atoms with Gasteiger partial charge in [-0.15, -0.1) is 0 Å². The highest BCUT2D eigenvalue weighted by molar-refractivity contribution is 5.69. The molecule has 0 bridgehead atoms. The molecule has 1 atom stereocenters. The van der Waals surface area contributed by atoms with Crippen LogP contribution in [0.4, 0.5) is 0 Å². The van der Waals surface area contributed by atoms with Crippen molar-refractivity contribution in [3.8, 4) is 0 Å². The van der Waals surface area contributed by atoms with Crippen LogP contribution in [0.15, 0.2) is 30.3 Å². The van der Waals surface area contributed by atoms with Gasteiger partial charge in [0.25, 0.3) is 0 Å². The van der Waals surface area contributed by atoms with Crippen LogP contribution in [-0.2, 0) is 16.0 Å². The molecule has 0 aliphatic carbocycles. The molecule has 0 saturated heterocycles. The lowest BCUT2D eigenvalue weighted by molar-refractivity contribution is -0.141. The molecule has 0 heterocycles. The average molecular weight is 207 g/mol. The van der Waals surface area contributed by atoms with Crippen molar-refractivity contribution in [3.63, 3.8) is 0 Å². The summed E-state index contributed by atoms with van der Waals surface area (Å²) in [6, 6.07) is 10.0. The molecule has 1 unspecified atom stereocenters. The number of carbonyl (C=O) groups excluding carboxylic acids is 1. The van der Waals surface area contributed by atoms with E-state index in [2.05, 4.69) is 4.74 Å². The Kier molecular flexibility index (Phi) is 4.84. The minimum Gasteiger partial charge on any atom is -0.469 e. The van der Waals surface area contributed by atoms with E-state index in [-0.39, 0.29) is 11.9 Å². The Bertz CT molecular complexity index is 298. The summed E-state index contributed by atoms with van der Waals surface area (Å²) in [5, 5.41) is 0. The van der Waals surface area contributed by atoms with Crippen molar-refractivity contribution in [2.75, 3.05) is 13.7 Å². The highest BCUT2D eigenvalue weighted by atomic mass is 16.5. The first-order valence-corrected chi connectivity index (χ1v) is 5.07. The lowest BCUT2D eigenvalue weighted by atomic mass is 9.96. The van der Waals surface area contributed by atoms with Gasteiger partial charge in [-0.2, -0.15) is 0 Å². The number of esters is 1. The van der Waals surface area contributed by atoms with Crippen molar-refractivity contribution >= 4 is 5.97 Å². The van der Waals surface area contributed by atoms with Crippen LogP contribution >= 0.6 is 0 Å². The van der Waals surface area contributed by atoms with Gasteiger partial charge in [-0.1, -0.05) is 30.3 Å². The molecule has 2 N–H and O–H groups in total. The Morgan fingerprint density at radius 1 is 1.40 bits per heavy atom. The third kappa shape index (κ3) is 4.13. The highest BCUT2D eigenvalue weighted by Crippen LogP contribution is 2.11. The maximum atomic E-state index is 11.1. The molecule has 1 rings (SSSR count). The van der Waals surface area contributed by atoms with E-state index >= 15 is 0 Å². The molecule has 1 aromatic rings. The van der Waals surface area contributed by atoms with Gasteiger partial charge in [0, 0.05) is 6.42 Å². The molecule has 0 aliphatic rings. The molecule has 1 aromatic carbocycles. The molecule has 0 aromatic heterocycles. The van der Waals surface area contributed by atoms with Gasteiger partial charge in [-0.25, -0.2) is 0 Å². The average Bonchev–Trinajstić information content (AvgIpc) is 2.29. The molecule has 3 nitrogen and oxygen atoms in total. The molecular weight excluding hydrogens is 190 g/mol. The first-order chi connectivity index (χ1) is 7.26. The van der Waals surface area contributed by atoms with Gasteiger partial charge < -0.3 is 10.5 Å². The predicted molar refractivity (Wildman–Crippen MR) is 59.3 cm³/mol. The monoisotopic (exact) mass is 207 g/mol. The van der Waals surface area contributed by atoms with Crippen LogP contribution in [0.5, 0.6) is 0 Å². The van der Waals surface area contributed by atoms with Crippen molar-refractivity contribution in [2.24, 2.45) is 11.7 Å². The van der Waals surface area contributed by atoms with Crippen LogP contribution in [0.1, 0.15) is 12.0 Å². The summed E-state index contributed by atoms with van der Waals surface area (Å²) in [5.41, 5.74) is 6.82. The Hall–Kier alpha value is -1.35. The van der Waals surface area contributed by atoms with E-state index in [1.165, 1.54) is 12.7 Å². The second-order valence-corrected chi connectivity index (χ2v) is 3.57. The maximum Gasteiger partial charge on any atom is 0.305 e. The molecule has 0 amide bonds. The Balaban J connectivity index is 2.50. The normalized spacial score (nSPS) is 12.1. The number of ether oxygens (including phenoxy) is 1. The minimum absolute atomic E-state index is 0.167. The standard InChI is InChI=1S/C12H17NO2/c1-15-12(14)8-11(9-13)7-10-5-3-2-4-6-10/h2-6,11H,7-9,13H2,1H3. The topological polar surface area (TPSA) is 52.3 Å². The zero-order valence-electron chi connectivity index (χ0n) is 8.98. The zero-order chi connectivity index (χ0) is 11.1. The SMILES string of the molecule is COC(=O)CC(CN)Cc1ccccc1. The Morgan fingerprint density at radius 3 is 2.60 bits per heavy atom. The third-order valence-electron chi connectivity index (χ3n) is 2.38.